The zero-order valence-corrected chi connectivity index (χ0v) is 9.38. The Labute approximate surface area is 96.4 Å². The molecule has 1 aliphatic rings. The van der Waals surface area contributed by atoms with Gasteiger partial charge in [0.1, 0.15) is 5.54 Å². The first kappa shape index (κ1) is 13.8. The lowest BCUT2D eigenvalue weighted by Gasteiger charge is -2.36. The van der Waals surface area contributed by atoms with Crippen molar-refractivity contribution in [2.75, 3.05) is 6.54 Å². The van der Waals surface area contributed by atoms with Crippen molar-refractivity contribution in [3.63, 3.8) is 0 Å². The van der Waals surface area contributed by atoms with E-state index in [0.717, 1.165) is 0 Å². The maximum absolute atomic E-state index is 12.4. The Bertz CT molecular complexity index is 329. The molecular weight excluding hydrogens is 239 g/mol. The van der Waals surface area contributed by atoms with Crippen molar-refractivity contribution in [3.8, 4) is 0 Å². The molecule has 1 atom stereocenters. The van der Waals surface area contributed by atoms with Gasteiger partial charge in [-0.25, -0.2) is 4.79 Å². The molecule has 1 N–H and O–H groups in total. The van der Waals surface area contributed by atoms with Crippen molar-refractivity contribution in [2.45, 2.75) is 44.3 Å². The third kappa shape index (κ3) is 2.70. The largest absolute Gasteiger partial charge is 0.480 e. The van der Waals surface area contributed by atoms with Gasteiger partial charge in [0.25, 0.3) is 0 Å². The second-order valence-electron chi connectivity index (χ2n) is 4.34. The molecule has 1 amide bonds. The van der Waals surface area contributed by atoms with Gasteiger partial charge in [0.05, 0.1) is 0 Å². The summed E-state index contributed by atoms with van der Waals surface area (Å²) >= 11 is 0. The topological polar surface area (TPSA) is 57.6 Å². The zero-order valence-electron chi connectivity index (χ0n) is 9.38. The minimum atomic E-state index is -5.03. The molecule has 0 bridgehead atoms. The van der Waals surface area contributed by atoms with Gasteiger partial charge in [-0.2, -0.15) is 13.2 Å². The molecule has 1 heterocycles. The second kappa shape index (κ2) is 4.54. The van der Waals surface area contributed by atoms with E-state index in [1.54, 1.807) is 0 Å². The number of nitrogens with zero attached hydrogens (tertiary/aromatic N) is 1. The summed E-state index contributed by atoms with van der Waals surface area (Å²) in [6, 6.07) is 0. The van der Waals surface area contributed by atoms with Gasteiger partial charge in [0, 0.05) is 6.54 Å². The van der Waals surface area contributed by atoms with Crippen LogP contribution in [-0.4, -0.2) is 40.1 Å². The van der Waals surface area contributed by atoms with Crippen LogP contribution in [0.5, 0.6) is 0 Å². The maximum Gasteiger partial charge on any atom is 0.471 e. The maximum atomic E-state index is 12.4. The van der Waals surface area contributed by atoms with Crippen molar-refractivity contribution in [3.05, 3.63) is 0 Å². The van der Waals surface area contributed by atoms with Crippen LogP contribution in [0.2, 0.25) is 0 Å². The van der Waals surface area contributed by atoms with Crippen LogP contribution in [0, 0.1) is 0 Å². The molecule has 98 valence electrons. The average molecular weight is 253 g/mol. The molecule has 0 spiro atoms. The van der Waals surface area contributed by atoms with Crippen LogP contribution in [0.3, 0.4) is 0 Å². The molecule has 0 radical (unpaired) electrons. The van der Waals surface area contributed by atoms with Gasteiger partial charge in [0.15, 0.2) is 0 Å². The van der Waals surface area contributed by atoms with Crippen molar-refractivity contribution in [2.24, 2.45) is 0 Å². The van der Waals surface area contributed by atoms with Crippen LogP contribution in [-0.2, 0) is 9.59 Å². The van der Waals surface area contributed by atoms with Crippen LogP contribution in [0.1, 0.15) is 32.6 Å². The van der Waals surface area contributed by atoms with Crippen LogP contribution < -0.4 is 0 Å². The number of alkyl halides is 3. The molecule has 0 aromatic carbocycles. The highest BCUT2D eigenvalue weighted by atomic mass is 19.4. The number of likely N-dealkylation sites (tertiary alicyclic amines) is 1. The zero-order chi connectivity index (χ0) is 13.3. The summed E-state index contributed by atoms with van der Waals surface area (Å²) in [4.78, 5) is 22.8. The van der Waals surface area contributed by atoms with E-state index >= 15 is 0 Å². The lowest BCUT2D eigenvalue weighted by Crippen LogP contribution is -2.58. The predicted octanol–water partition coefficient (Wildman–Crippen LogP) is 1.79. The average Bonchev–Trinajstić information content (AvgIpc) is 2.38. The SMILES string of the molecule is CC1(C(=O)O)CCCCCN1C(=O)C(F)(F)F. The highest BCUT2D eigenvalue weighted by molar-refractivity contribution is 5.89. The van der Waals surface area contributed by atoms with Crippen LogP contribution in [0.15, 0.2) is 0 Å². The Hall–Kier alpha value is -1.27. The lowest BCUT2D eigenvalue weighted by molar-refractivity contribution is -0.194. The number of hydrogen-bond acceptors (Lipinski definition) is 2. The molecule has 1 fully saturated rings. The molecule has 17 heavy (non-hydrogen) atoms. The fraction of sp³-hybridized carbons (Fsp3) is 0.800. The Balaban J connectivity index is 3.06. The number of aliphatic carboxylic acids is 1. The Morgan fingerprint density at radius 2 is 1.82 bits per heavy atom. The van der Waals surface area contributed by atoms with E-state index in [0.29, 0.717) is 24.2 Å². The van der Waals surface area contributed by atoms with Crippen molar-refractivity contribution >= 4 is 11.9 Å². The summed E-state index contributed by atoms with van der Waals surface area (Å²) in [5.41, 5.74) is -1.76. The van der Waals surface area contributed by atoms with E-state index in [9.17, 15) is 22.8 Å². The monoisotopic (exact) mass is 253 g/mol. The first-order valence-electron chi connectivity index (χ1n) is 5.32. The van der Waals surface area contributed by atoms with Gasteiger partial charge in [-0.3, -0.25) is 4.79 Å². The van der Waals surface area contributed by atoms with Crippen LogP contribution in [0.25, 0.3) is 0 Å². The van der Waals surface area contributed by atoms with Gasteiger partial charge < -0.3 is 10.0 Å². The lowest BCUT2D eigenvalue weighted by atomic mass is 9.94. The molecule has 1 rings (SSSR count). The fourth-order valence-electron chi connectivity index (χ4n) is 2.00. The Morgan fingerprint density at radius 1 is 1.24 bits per heavy atom. The molecule has 1 saturated heterocycles. The van der Waals surface area contributed by atoms with Gasteiger partial charge in [0.2, 0.25) is 0 Å². The summed E-state index contributed by atoms with van der Waals surface area (Å²) in [6.45, 7) is 1.01. The summed E-state index contributed by atoms with van der Waals surface area (Å²) in [6.07, 6.45) is -3.45. The van der Waals surface area contributed by atoms with E-state index in [2.05, 4.69) is 0 Å². The van der Waals surface area contributed by atoms with Gasteiger partial charge >= 0.3 is 18.1 Å². The Morgan fingerprint density at radius 3 is 2.29 bits per heavy atom. The van der Waals surface area contributed by atoms with Crippen LogP contribution in [0.4, 0.5) is 13.2 Å². The summed E-state index contributed by atoms with van der Waals surface area (Å²) in [5, 5.41) is 9.05. The van der Waals surface area contributed by atoms with E-state index in [4.69, 9.17) is 5.11 Å². The van der Waals surface area contributed by atoms with Gasteiger partial charge in [-0.05, 0) is 19.8 Å². The molecule has 0 aromatic rings. The normalized spacial score (nSPS) is 26.5. The standard InChI is InChI=1S/C10H14F3NO3/c1-9(8(16)17)5-3-2-4-6-14(9)7(15)10(11,12)13/h2-6H2,1H3,(H,16,17). The molecule has 1 aliphatic heterocycles. The second-order valence-corrected chi connectivity index (χ2v) is 4.34. The predicted molar refractivity (Wildman–Crippen MR) is 52.3 cm³/mol. The van der Waals surface area contributed by atoms with E-state index < -0.39 is 23.6 Å². The van der Waals surface area contributed by atoms with Crippen molar-refractivity contribution in [1.82, 2.24) is 4.90 Å². The minimum absolute atomic E-state index is 0.0458. The highest BCUT2D eigenvalue weighted by Crippen LogP contribution is 2.31. The molecule has 4 nitrogen and oxygen atoms in total. The van der Waals surface area contributed by atoms with Crippen molar-refractivity contribution < 1.29 is 27.9 Å². The highest BCUT2D eigenvalue weighted by Gasteiger charge is 2.51. The third-order valence-electron chi connectivity index (χ3n) is 3.09. The quantitative estimate of drug-likeness (QED) is 0.775. The number of carboxylic acid groups (broad SMARTS) is 1. The number of amides is 1. The van der Waals surface area contributed by atoms with E-state index in [-0.39, 0.29) is 13.0 Å². The molecule has 0 saturated carbocycles. The third-order valence-corrected chi connectivity index (χ3v) is 3.09. The summed E-state index contributed by atoms with van der Waals surface area (Å²) in [7, 11) is 0. The van der Waals surface area contributed by atoms with Crippen LogP contribution >= 0.6 is 0 Å². The molecule has 0 aromatic heterocycles. The smallest absolute Gasteiger partial charge is 0.471 e. The first-order chi connectivity index (χ1) is 7.69. The summed E-state index contributed by atoms with van der Waals surface area (Å²) in [5.74, 6) is -3.46. The Kier molecular flexibility index (Phi) is 3.68. The molecule has 7 heteroatoms. The minimum Gasteiger partial charge on any atom is -0.480 e. The summed E-state index contributed by atoms with van der Waals surface area (Å²) < 4.78 is 37.2. The van der Waals surface area contributed by atoms with E-state index in [1.807, 2.05) is 0 Å². The molecule has 0 aliphatic carbocycles. The number of carbonyl (C=O) groups excluding carboxylic acids is 1. The first-order valence-corrected chi connectivity index (χ1v) is 5.32. The van der Waals surface area contributed by atoms with Crippen molar-refractivity contribution in [1.29, 1.82) is 0 Å². The number of halogens is 3. The number of rotatable bonds is 1. The van der Waals surface area contributed by atoms with Gasteiger partial charge in [-0.1, -0.05) is 12.8 Å². The number of hydrogen-bond donors (Lipinski definition) is 1. The van der Waals surface area contributed by atoms with E-state index in [1.165, 1.54) is 6.92 Å². The number of carbonyl (C=O) groups is 2. The molecular formula is C10H14F3NO3. The molecule has 1 unspecified atom stereocenters. The fourth-order valence-corrected chi connectivity index (χ4v) is 2.00. The number of carboxylic acids is 1. The van der Waals surface area contributed by atoms with Gasteiger partial charge in [-0.15, -0.1) is 0 Å².